The van der Waals surface area contributed by atoms with Crippen molar-refractivity contribution >= 4 is 11.6 Å². The molecule has 1 amide bonds. The zero-order valence-corrected chi connectivity index (χ0v) is 15.1. The highest BCUT2D eigenvalue weighted by molar-refractivity contribution is 5.93. The number of nitrogens with one attached hydrogen (secondary N) is 1. The Balaban J connectivity index is 2.01. The second-order valence-electron chi connectivity index (χ2n) is 6.07. The SMILES string of the molecule is COCc1ccccc1CC(=O)Nc1ccccc1OCCN(C)C. The van der Waals surface area contributed by atoms with Gasteiger partial charge in [-0.2, -0.15) is 0 Å². The highest BCUT2D eigenvalue weighted by Gasteiger charge is 2.11. The number of ether oxygens (including phenoxy) is 2. The number of para-hydroxylation sites is 2. The minimum Gasteiger partial charge on any atom is -0.490 e. The molecule has 0 aliphatic carbocycles. The van der Waals surface area contributed by atoms with Crippen molar-refractivity contribution in [2.24, 2.45) is 0 Å². The third kappa shape index (κ3) is 6.21. The summed E-state index contributed by atoms with van der Waals surface area (Å²) in [7, 11) is 5.64. The number of rotatable bonds is 9. The molecule has 0 aliphatic rings. The first-order chi connectivity index (χ1) is 12.1. The van der Waals surface area contributed by atoms with Gasteiger partial charge >= 0.3 is 0 Å². The Hall–Kier alpha value is -2.37. The molecule has 0 bridgehead atoms. The molecule has 25 heavy (non-hydrogen) atoms. The topological polar surface area (TPSA) is 50.8 Å². The van der Waals surface area contributed by atoms with Gasteiger partial charge in [0.1, 0.15) is 12.4 Å². The van der Waals surface area contributed by atoms with Crippen LogP contribution in [0.5, 0.6) is 5.75 Å². The predicted molar refractivity (Wildman–Crippen MR) is 100.0 cm³/mol. The summed E-state index contributed by atoms with van der Waals surface area (Å²) in [6.45, 7) is 1.87. The standard InChI is InChI=1S/C20H26N2O3/c1-22(2)12-13-25-19-11-7-6-10-18(19)21-20(23)14-16-8-4-5-9-17(16)15-24-3/h4-11H,12-15H2,1-3H3,(H,21,23). The number of anilines is 1. The van der Waals surface area contributed by atoms with E-state index < -0.39 is 0 Å². The van der Waals surface area contributed by atoms with E-state index in [-0.39, 0.29) is 5.91 Å². The predicted octanol–water partition coefficient (Wildman–Crippen LogP) is 2.95. The van der Waals surface area contributed by atoms with Crippen molar-refractivity contribution in [3.05, 3.63) is 59.7 Å². The number of likely N-dealkylation sites (N-methyl/N-ethyl adjacent to an activating group) is 1. The van der Waals surface area contributed by atoms with Crippen LogP contribution in [0.3, 0.4) is 0 Å². The summed E-state index contributed by atoms with van der Waals surface area (Å²) in [5.74, 6) is 0.607. The maximum Gasteiger partial charge on any atom is 0.228 e. The van der Waals surface area contributed by atoms with E-state index in [1.165, 1.54) is 0 Å². The van der Waals surface area contributed by atoms with Gasteiger partial charge in [0.2, 0.25) is 5.91 Å². The maximum atomic E-state index is 12.5. The molecule has 134 valence electrons. The van der Waals surface area contributed by atoms with E-state index in [2.05, 4.69) is 5.32 Å². The molecule has 5 heteroatoms. The first kappa shape index (κ1) is 19.0. The van der Waals surface area contributed by atoms with Crippen LogP contribution in [-0.2, 0) is 22.6 Å². The fraction of sp³-hybridized carbons (Fsp3) is 0.350. The van der Waals surface area contributed by atoms with Crippen molar-refractivity contribution in [1.82, 2.24) is 4.90 Å². The Morgan fingerprint density at radius 3 is 2.44 bits per heavy atom. The molecule has 0 radical (unpaired) electrons. The summed E-state index contributed by atoms with van der Waals surface area (Å²) in [5.41, 5.74) is 2.68. The average molecular weight is 342 g/mol. The Bertz CT molecular complexity index is 686. The molecule has 0 spiro atoms. The summed E-state index contributed by atoms with van der Waals surface area (Å²) in [5, 5.41) is 2.95. The fourth-order valence-corrected chi connectivity index (χ4v) is 2.43. The van der Waals surface area contributed by atoms with Crippen LogP contribution in [0.25, 0.3) is 0 Å². The van der Waals surface area contributed by atoms with Gasteiger partial charge in [-0.05, 0) is 37.4 Å². The van der Waals surface area contributed by atoms with E-state index in [0.717, 1.165) is 17.7 Å². The molecular formula is C20H26N2O3. The minimum atomic E-state index is -0.0767. The number of methoxy groups -OCH3 is 1. The highest BCUT2D eigenvalue weighted by atomic mass is 16.5. The Labute approximate surface area is 149 Å². The van der Waals surface area contributed by atoms with E-state index in [0.29, 0.717) is 31.1 Å². The van der Waals surface area contributed by atoms with Gasteiger partial charge in [-0.3, -0.25) is 4.79 Å². The molecule has 0 unspecified atom stereocenters. The van der Waals surface area contributed by atoms with Crippen molar-refractivity contribution in [3.8, 4) is 5.75 Å². The first-order valence-corrected chi connectivity index (χ1v) is 8.32. The molecule has 2 aromatic rings. The quantitative estimate of drug-likeness (QED) is 0.761. The number of hydrogen-bond donors (Lipinski definition) is 1. The van der Waals surface area contributed by atoms with Crippen LogP contribution in [-0.4, -0.2) is 45.2 Å². The van der Waals surface area contributed by atoms with Gasteiger partial charge < -0.3 is 19.7 Å². The summed E-state index contributed by atoms with van der Waals surface area (Å²) >= 11 is 0. The smallest absolute Gasteiger partial charge is 0.228 e. The largest absolute Gasteiger partial charge is 0.490 e. The van der Waals surface area contributed by atoms with Gasteiger partial charge in [-0.25, -0.2) is 0 Å². The lowest BCUT2D eigenvalue weighted by Gasteiger charge is -2.15. The van der Waals surface area contributed by atoms with Gasteiger partial charge in [-0.1, -0.05) is 36.4 Å². The van der Waals surface area contributed by atoms with Gasteiger partial charge in [-0.15, -0.1) is 0 Å². The maximum absolute atomic E-state index is 12.5. The molecule has 0 atom stereocenters. The van der Waals surface area contributed by atoms with E-state index >= 15 is 0 Å². The summed E-state index contributed by atoms with van der Waals surface area (Å²) in [4.78, 5) is 14.5. The fourth-order valence-electron chi connectivity index (χ4n) is 2.43. The van der Waals surface area contributed by atoms with Crippen LogP contribution >= 0.6 is 0 Å². The van der Waals surface area contributed by atoms with E-state index in [1.807, 2.05) is 67.5 Å². The van der Waals surface area contributed by atoms with E-state index in [4.69, 9.17) is 9.47 Å². The summed E-state index contributed by atoms with van der Waals surface area (Å²) in [6.07, 6.45) is 0.297. The molecule has 0 fully saturated rings. The average Bonchev–Trinajstić information content (AvgIpc) is 2.58. The molecule has 2 rings (SSSR count). The zero-order chi connectivity index (χ0) is 18.1. The number of benzene rings is 2. The van der Waals surface area contributed by atoms with Crippen LogP contribution in [0.4, 0.5) is 5.69 Å². The molecular weight excluding hydrogens is 316 g/mol. The van der Waals surface area contributed by atoms with E-state index in [1.54, 1.807) is 7.11 Å². The number of hydrogen-bond acceptors (Lipinski definition) is 4. The van der Waals surface area contributed by atoms with Gasteiger partial charge in [0, 0.05) is 13.7 Å². The second-order valence-corrected chi connectivity index (χ2v) is 6.07. The lowest BCUT2D eigenvalue weighted by molar-refractivity contribution is -0.115. The third-order valence-corrected chi connectivity index (χ3v) is 3.73. The zero-order valence-electron chi connectivity index (χ0n) is 15.1. The lowest BCUT2D eigenvalue weighted by Crippen LogP contribution is -2.20. The van der Waals surface area contributed by atoms with Crippen molar-refractivity contribution in [3.63, 3.8) is 0 Å². The monoisotopic (exact) mass is 342 g/mol. The van der Waals surface area contributed by atoms with Crippen molar-refractivity contribution in [1.29, 1.82) is 0 Å². The van der Waals surface area contributed by atoms with Crippen LogP contribution in [0, 0.1) is 0 Å². The Kier molecular flexibility index (Phi) is 7.44. The lowest BCUT2D eigenvalue weighted by atomic mass is 10.0. The normalized spacial score (nSPS) is 10.7. The van der Waals surface area contributed by atoms with Crippen LogP contribution in [0.15, 0.2) is 48.5 Å². The van der Waals surface area contributed by atoms with E-state index in [9.17, 15) is 4.79 Å². The Morgan fingerprint density at radius 2 is 1.72 bits per heavy atom. The summed E-state index contributed by atoms with van der Waals surface area (Å²) in [6, 6.07) is 15.3. The van der Waals surface area contributed by atoms with Crippen molar-refractivity contribution in [2.75, 3.05) is 39.7 Å². The molecule has 0 saturated carbocycles. The molecule has 0 heterocycles. The summed E-state index contributed by atoms with van der Waals surface area (Å²) < 4.78 is 11.0. The van der Waals surface area contributed by atoms with Crippen LogP contribution < -0.4 is 10.1 Å². The molecule has 0 aliphatic heterocycles. The molecule has 2 aromatic carbocycles. The molecule has 5 nitrogen and oxygen atoms in total. The number of nitrogens with zero attached hydrogens (tertiary/aromatic N) is 1. The number of amides is 1. The van der Waals surface area contributed by atoms with Crippen molar-refractivity contribution in [2.45, 2.75) is 13.0 Å². The third-order valence-electron chi connectivity index (χ3n) is 3.73. The van der Waals surface area contributed by atoms with Crippen LogP contribution in [0.2, 0.25) is 0 Å². The number of carbonyl (C=O) groups excluding carboxylic acids is 1. The molecule has 1 N–H and O–H groups in total. The highest BCUT2D eigenvalue weighted by Crippen LogP contribution is 2.24. The molecule has 0 aromatic heterocycles. The van der Waals surface area contributed by atoms with Gasteiger partial charge in [0.15, 0.2) is 0 Å². The van der Waals surface area contributed by atoms with Crippen LogP contribution in [0.1, 0.15) is 11.1 Å². The van der Waals surface area contributed by atoms with Crippen molar-refractivity contribution < 1.29 is 14.3 Å². The minimum absolute atomic E-state index is 0.0767. The second kappa shape index (κ2) is 9.81. The Morgan fingerprint density at radius 1 is 1.04 bits per heavy atom. The first-order valence-electron chi connectivity index (χ1n) is 8.32. The van der Waals surface area contributed by atoms with Gasteiger partial charge in [0.05, 0.1) is 18.7 Å². The number of carbonyl (C=O) groups is 1. The van der Waals surface area contributed by atoms with Gasteiger partial charge in [0.25, 0.3) is 0 Å². The molecule has 0 saturated heterocycles.